The summed E-state index contributed by atoms with van der Waals surface area (Å²) in [6.45, 7) is 3.08. The standard InChI is InChI=1S/C19H20N4O3S2/c1-11-5-3-7-22-16(11)21-15(20-2)13(17(22)24)9-14-18(25)23(19(27)28-14)10-12-6-4-8-26-12/h3,5,7,9,12,20H,4,6,8,10H2,1-2H3. The number of ether oxygens (including phenoxy) is 1. The summed E-state index contributed by atoms with van der Waals surface area (Å²) in [5, 5.41) is 2.97. The van der Waals surface area contributed by atoms with E-state index in [1.54, 1.807) is 30.3 Å². The molecule has 1 atom stereocenters. The van der Waals surface area contributed by atoms with E-state index in [9.17, 15) is 9.59 Å². The number of rotatable bonds is 4. The van der Waals surface area contributed by atoms with Gasteiger partial charge in [0.05, 0.1) is 23.1 Å². The van der Waals surface area contributed by atoms with Crippen molar-refractivity contribution in [3.05, 3.63) is 44.7 Å². The van der Waals surface area contributed by atoms with Gasteiger partial charge in [-0.25, -0.2) is 4.98 Å². The minimum atomic E-state index is -0.234. The number of hydrogen-bond donors (Lipinski definition) is 1. The summed E-state index contributed by atoms with van der Waals surface area (Å²) in [6, 6.07) is 3.70. The third-order valence-electron chi connectivity index (χ3n) is 4.88. The number of aryl methyl sites for hydroxylation is 1. The second-order valence-corrected chi connectivity index (χ2v) is 8.42. The van der Waals surface area contributed by atoms with Gasteiger partial charge in [0.15, 0.2) is 0 Å². The number of carbonyl (C=O) groups is 1. The first-order valence-electron chi connectivity index (χ1n) is 9.06. The SMILES string of the molecule is CNc1nc2c(C)cccn2c(=O)c1C=C1SC(=S)N(CC2CCCO2)C1=O. The second kappa shape index (κ2) is 7.65. The van der Waals surface area contributed by atoms with Crippen LogP contribution in [0.3, 0.4) is 0 Å². The monoisotopic (exact) mass is 416 g/mol. The summed E-state index contributed by atoms with van der Waals surface area (Å²) in [5.74, 6) is 0.241. The van der Waals surface area contributed by atoms with E-state index in [0.29, 0.717) is 32.8 Å². The minimum Gasteiger partial charge on any atom is -0.376 e. The van der Waals surface area contributed by atoms with Crippen molar-refractivity contribution in [1.29, 1.82) is 0 Å². The molecule has 2 fully saturated rings. The summed E-state index contributed by atoms with van der Waals surface area (Å²) in [5.41, 5.74) is 1.58. The van der Waals surface area contributed by atoms with Crippen LogP contribution in [0.15, 0.2) is 28.0 Å². The predicted molar refractivity (Wildman–Crippen MR) is 115 cm³/mol. The molecule has 2 saturated heterocycles. The average Bonchev–Trinajstić information content (AvgIpc) is 3.28. The van der Waals surface area contributed by atoms with Gasteiger partial charge in [0, 0.05) is 19.9 Å². The van der Waals surface area contributed by atoms with Crippen LogP contribution in [0.1, 0.15) is 24.0 Å². The van der Waals surface area contributed by atoms with Crippen molar-refractivity contribution in [2.24, 2.45) is 0 Å². The van der Waals surface area contributed by atoms with Gasteiger partial charge in [-0.3, -0.25) is 18.9 Å². The van der Waals surface area contributed by atoms with E-state index in [1.807, 2.05) is 13.0 Å². The van der Waals surface area contributed by atoms with Crippen LogP contribution in [0.5, 0.6) is 0 Å². The van der Waals surface area contributed by atoms with Gasteiger partial charge in [-0.05, 0) is 37.5 Å². The molecule has 1 amide bonds. The molecule has 28 heavy (non-hydrogen) atoms. The summed E-state index contributed by atoms with van der Waals surface area (Å²) < 4.78 is 7.61. The van der Waals surface area contributed by atoms with Crippen molar-refractivity contribution in [2.75, 3.05) is 25.5 Å². The van der Waals surface area contributed by atoms with Crippen LogP contribution < -0.4 is 10.9 Å². The lowest BCUT2D eigenvalue weighted by atomic mass is 10.2. The zero-order valence-electron chi connectivity index (χ0n) is 15.6. The van der Waals surface area contributed by atoms with E-state index < -0.39 is 0 Å². The maximum absolute atomic E-state index is 13.0. The Labute approximate surface area is 171 Å². The smallest absolute Gasteiger partial charge is 0.267 e. The Kier molecular flexibility index (Phi) is 5.22. The second-order valence-electron chi connectivity index (χ2n) is 6.74. The van der Waals surface area contributed by atoms with Gasteiger partial charge in [-0.15, -0.1) is 0 Å². The first-order chi connectivity index (χ1) is 13.5. The molecule has 4 rings (SSSR count). The molecule has 7 nitrogen and oxygen atoms in total. The Morgan fingerprint density at radius 1 is 1.46 bits per heavy atom. The largest absolute Gasteiger partial charge is 0.376 e. The number of thioether (sulfide) groups is 1. The van der Waals surface area contributed by atoms with Crippen molar-refractivity contribution in [3.8, 4) is 0 Å². The molecular formula is C19H20N4O3S2. The number of aromatic nitrogens is 2. The zero-order chi connectivity index (χ0) is 19.8. The van der Waals surface area contributed by atoms with Crippen LogP contribution in [-0.4, -0.2) is 50.8 Å². The van der Waals surface area contributed by atoms with Crippen LogP contribution >= 0.6 is 24.0 Å². The van der Waals surface area contributed by atoms with Gasteiger partial charge < -0.3 is 10.1 Å². The molecule has 0 aromatic carbocycles. The maximum Gasteiger partial charge on any atom is 0.267 e. The molecule has 9 heteroatoms. The van der Waals surface area contributed by atoms with Gasteiger partial charge in [0.2, 0.25) is 0 Å². The lowest BCUT2D eigenvalue weighted by molar-refractivity contribution is -0.123. The first-order valence-corrected chi connectivity index (χ1v) is 10.3. The summed E-state index contributed by atoms with van der Waals surface area (Å²) >= 11 is 6.60. The third kappa shape index (κ3) is 3.34. The molecule has 2 aliphatic rings. The summed E-state index contributed by atoms with van der Waals surface area (Å²) in [4.78, 5) is 32.5. The Hall–Kier alpha value is -2.23. The summed E-state index contributed by atoms with van der Waals surface area (Å²) in [6.07, 6.45) is 5.21. The molecule has 146 valence electrons. The fraction of sp³-hybridized carbons (Fsp3) is 0.368. The average molecular weight is 417 g/mol. The van der Waals surface area contributed by atoms with Crippen LogP contribution in [-0.2, 0) is 9.53 Å². The van der Waals surface area contributed by atoms with E-state index in [2.05, 4.69) is 10.3 Å². The van der Waals surface area contributed by atoms with Gasteiger partial charge in [-0.1, -0.05) is 30.0 Å². The molecule has 0 bridgehead atoms. The molecule has 0 radical (unpaired) electrons. The van der Waals surface area contributed by atoms with Crippen molar-refractivity contribution >= 4 is 51.7 Å². The lowest BCUT2D eigenvalue weighted by Crippen LogP contribution is -2.35. The first kappa shape index (κ1) is 19.1. The van der Waals surface area contributed by atoms with Crippen molar-refractivity contribution < 1.29 is 9.53 Å². The quantitative estimate of drug-likeness (QED) is 0.606. The van der Waals surface area contributed by atoms with Crippen LogP contribution in [0.4, 0.5) is 5.82 Å². The fourth-order valence-corrected chi connectivity index (χ4v) is 4.67. The minimum absolute atomic E-state index is 0.0191. The van der Waals surface area contributed by atoms with Gasteiger partial charge in [-0.2, -0.15) is 0 Å². The molecule has 1 unspecified atom stereocenters. The van der Waals surface area contributed by atoms with Crippen molar-refractivity contribution in [1.82, 2.24) is 14.3 Å². The molecule has 0 saturated carbocycles. The highest BCUT2D eigenvalue weighted by Crippen LogP contribution is 2.34. The number of carbonyl (C=O) groups excluding carboxylic acids is 1. The van der Waals surface area contributed by atoms with Gasteiger partial charge in [0.1, 0.15) is 15.8 Å². The van der Waals surface area contributed by atoms with E-state index in [-0.39, 0.29) is 17.6 Å². The number of pyridine rings is 1. The number of fused-ring (bicyclic) bond motifs is 1. The highest BCUT2D eigenvalue weighted by atomic mass is 32.2. The van der Waals surface area contributed by atoms with Crippen molar-refractivity contribution in [2.45, 2.75) is 25.9 Å². The van der Waals surface area contributed by atoms with Gasteiger partial charge in [0.25, 0.3) is 11.5 Å². The molecule has 1 N–H and O–H groups in total. The van der Waals surface area contributed by atoms with Crippen molar-refractivity contribution in [3.63, 3.8) is 0 Å². The highest BCUT2D eigenvalue weighted by molar-refractivity contribution is 8.26. The Morgan fingerprint density at radius 2 is 2.29 bits per heavy atom. The maximum atomic E-state index is 13.0. The number of nitrogens with zero attached hydrogens (tertiary/aromatic N) is 3. The third-order valence-corrected chi connectivity index (χ3v) is 6.26. The van der Waals surface area contributed by atoms with Crippen LogP contribution in [0, 0.1) is 6.92 Å². The number of anilines is 1. The number of amides is 1. The highest BCUT2D eigenvalue weighted by Gasteiger charge is 2.35. The van der Waals surface area contributed by atoms with E-state index in [1.165, 1.54) is 16.2 Å². The number of nitrogens with one attached hydrogen (secondary N) is 1. The molecule has 0 aliphatic carbocycles. The molecule has 2 aromatic rings. The molecule has 2 aromatic heterocycles. The Balaban J connectivity index is 1.73. The van der Waals surface area contributed by atoms with E-state index in [4.69, 9.17) is 17.0 Å². The molecule has 0 spiro atoms. The molecule has 2 aliphatic heterocycles. The van der Waals surface area contributed by atoms with E-state index >= 15 is 0 Å². The normalized spacial score (nSPS) is 21.3. The topological polar surface area (TPSA) is 75.9 Å². The van der Waals surface area contributed by atoms with Crippen LogP contribution in [0.25, 0.3) is 11.7 Å². The number of thiocarbonyl (C=S) groups is 1. The van der Waals surface area contributed by atoms with Crippen LogP contribution in [0.2, 0.25) is 0 Å². The summed E-state index contributed by atoms with van der Waals surface area (Å²) in [7, 11) is 1.70. The van der Waals surface area contributed by atoms with Gasteiger partial charge >= 0.3 is 0 Å². The Bertz CT molecular complexity index is 1060. The fourth-order valence-electron chi connectivity index (χ4n) is 3.41. The Morgan fingerprint density at radius 3 is 3.00 bits per heavy atom. The number of hydrogen-bond acceptors (Lipinski definition) is 7. The molecular weight excluding hydrogens is 396 g/mol. The van der Waals surface area contributed by atoms with E-state index in [0.717, 1.165) is 25.0 Å². The predicted octanol–water partition coefficient (Wildman–Crippen LogP) is 2.42. The lowest BCUT2D eigenvalue weighted by Gasteiger charge is -2.18. The molecule has 4 heterocycles. The zero-order valence-corrected chi connectivity index (χ0v) is 17.2.